The number of unbranched alkanes of at least 4 members (excludes halogenated alkanes) is 2. The molecule has 0 aliphatic heterocycles. The van der Waals surface area contributed by atoms with Gasteiger partial charge in [0.1, 0.15) is 5.75 Å². The van der Waals surface area contributed by atoms with Gasteiger partial charge < -0.3 is 15.2 Å². The highest BCUT2D eigenvalue weighted by atomic mass is 32.1. The first kappa shape index (κ1) is 21.1. The highest BCUT2D eigenvalue weighted by Crippen LogP contribution is 2.25. The third-order valence-corrected chi connectivity index (χ3v) is 3.99. The van der Waals surface area contributed by atoms with Crippen LogP contribution in [0.25, 0.3) is 0 Å². The van der Waals surface area contributed by atoms with Gasteiger partial charge in [-0.3, -0.25) is 20.2 Å². The van der Waals surface area contributed by atoms with Gasteiger partial charge in [0, 0.05) is 17.8 Å². The zero-order valence-electron chi connectivity index (χ0n) is 15.3. The maximum absolute atomic E-state index is 12.5. The predicted octanol–water partition coefficient (Wildman–Crippen LogP) is 3.36. The number of ether oxygens (including phenoxy) is 1. The van der Waals surface area contributed by atoms with Crippen molar-refractivity contribution in [2.45, 2.75) is 26.2 Å². The van der Waals surface area contributed by atoms with Crippen molar-refractivity contribution >= 4 is 34.6 Å². The number of hydrogen-bond acceptors (Lipinski definition) is 6. The number of nitrogens with zero attached hydrogens (tertiary/aromatic N) is 1. The molecule has 0 atom stereocenters. The average molecular weight is 402 g/mol. The molecule has 0 unspecified atom stereocenters. The number of carbonyl (C=O) groups excluding carboxylic acids is 1. The highest BCUT2D eigenvalue weighted by Gasteiger charge is 2.14. The van der Waals surface area contributed by atoms with Gasteiger partial charge in [0.25, 0.3) is 11.6 Å². The molecule has 0 radical (unpaired) electrons. The Morgan fingerprint density at radius 1 is 1.21 bits per heavy atom. The van der Waals surface area contributed by atoms with Gasteiger partial charge in [-0.1, -0.05) is 43.7 Å². The zero-order valence-corrected chi connectivity index (χ0v) is 16.1. The molecule has 0 spiro atoms. The Hall–Kier alpha value is -3.20. The molecule has 2 N–H and O–H groups in total. The number of anilines is 1. The van der Waals surface area contributed by atoms with Gasteiger partial charge in [0.05, 0.1) is 17.1 Å². The highest BCUT2D eigenvalue weighted by molar-refractivity contribution is 7.80. The Morgan fingerprint density at radius 2 is 1.96 bits per heavy atom. The van der Waals surface area contributed by atoms with Gasteiger partial charge in [0.15, 0.2) is 5.11 Å². The lowest BCUT2D eigenvalue weighted by Gasteiger charge is -2.16. The van der Waals surface area contributed by atoms with Crippen LogP contribution in [-0.2, 0) is 0 Å². The van der Waals surface area contributed by atoms with Gasteiger partial charge in [0.2, 0.25) is 0 Å². The Balaban J connectivity index is 2.04. The number of nitro groups is 1. The van der Waals surface area contributed by atoms with Crippen molar-refractivity contribution in [2.24, 2.45) is 0 Å². The van der Waals surface area contributed by atoms with E-state index in [4.69, 9.17) is 17.0 Å². The van der Waals surface area contributed by atoms with E-state index >= 15 is 0 Å². The summed E-state index contributed by atoms with van der Waals surface area (Å²) in [5.74, 6) is -0.568. The number of amides is 1. The topological polar surface area (TPSA) is 117 Å². The van der Waals surface area contributed by atoms with Crippen molar-refractivity contribution in [3.8, 4) is 11.5 Å². The fourth-order valence-electron chi connectivity index (χ4n) is 2.37. The third-order valence-electron chi connectivity index (χ3n) is 3.79. The molecule has 0 bridgehead atoms. The molecular weight excluding hydrogens is 382 g/mol. The number of carbonyl (C=O) groups is 1. The summed E-state index contributed by atoms with van der Waals surface area (Å²) in [5.41, 5.74) is -0.0600. The molecule has 2 rings (SSSR count). The van der Waals surface area contributed by atoms with Gasteiger partial charge >= 0.3 is 0 Å². The summed E-state index contributed by atoms with van der Waals surface area (Å²) in [6.07, 6.45) is 2.97. The molecule has 0 aromatic heterocycles. The van der Waals surface area contributed by atoms with E-state index in [-0.39, 0.29) is 16.5 Å². The van der Waals surface area contributed by atoms with Gasteiger partial charge in [-0.2, -0.15) is 0 Å². The summed E-state index contributed by atoms with van der Waals surface area (Å²) in [7, 11) is 0. The number of nitro benzene ring substituents is 1. The summed E-state index contributed by atoms with van der Waals surface area (Å²) in [5, 5.41) is 27.5. The number of benzene rings is 2. The predicted molar refractivity (Wildman–Crippen MR) is 108 cm³/mol. The average Bonchev–Trinajstić information content (AvgIpc) is 2.67. The van der Waals surface area contributed by atoms with Crippen molar-refractivity contribution in [3.05, 3.63) is 58.1 Å². The minimum absolute atomic E-state index is 0.0939. The number of rotatable bonds is 8. The molecule has 0 aliphatic rings. The smallest absolute Gasteiger partial charge is 0.271 e. The summed E-state index contributed by atoms with van der Waals surface area (Å²) in [4.78, 5) is 22.7. The van der Waals surface area contributed by atoms with Gasteiger partial charge in [-0.25, -0.2) is 0 Å². The van der Waals surface area contributed by atoms with E-state index in [1.54, 1.807) is 24.3 Å². The molecule has 28 heavy (non-hydrogen) atoms. The van der Waals surface area contributed by atoms with Crippen LogP contribution in [0.5, 0.6) is 11.5 Å². The number of nitrogens with one attached hydrogen (secondary N) is 2. The van der Waals surface area contributed by atoms with Crippen molar-refractivity contribution in [1.82, 2.24) is 5.32 Å². The summed E-state index contributed by atoms with van der Waals surface area (Å²) >= 11 is 5.05. The molecule has 0 aliphatic carbocycles. The van der Waals surface area contributed by atoms with Crippen molar-refractivity contribution < 1.29 is 19.6 Å². The Bertz CT molecular complexity index is 872. The Kier molecular flexibility index (Phi) is 7.70. The first-order valence-electron chi connectivity index (χ1n) is 8.72. The SMILES string of the molecule is CCCCCOc1ccccc1C(=O)NC(=S)Nc1cc([N+](=O)[O-])ccc1[O-]. The molecule has 2 aromatic carbocycles. The minimum Gasteiger partial charge on any atom is -0.871 e. The molecular formula is C19H20N3O5S-. The minimum atomic E-state index is -0.627. The van der Waals surface area contributed by atoms with Crippen LogP contribution in [0.4, 0.5) is 11.4 Å². The zero-order chi connectivity index (χ0) is 20.5. The van der Waals surface area contributed by atoms with E-state index < -0.39 is 16.6 Å². The quantitative estimate of drug-likeness (QED) is 0.301. The van der Waals surface area contributed by atoms with E-state index in [9.17, 15) is 20.0 Å². The van der Waals surface area contributed by atoms with Gasteiger partial charge in [-0.05, 0) is 30.8 Å². The summed E-state index contributed by atoms with van der Waals surface area (Å²) < 4.78 is 5.67. The number of thiocarbonyl (C=S) groups is 1. The van der Waals surface area contributed by atoms with Gasteiger partial charge in [-0.15, -0.1) is 0 Å². The lowest BCUT2D eigenvalue weighted by atomic mass is 10.2. The summed E-state index contributed by atoms with van der Waals surface area (Å²) in [6.45, 7) is 2.58. The van der Waals surface area contributed by atoms with Crippen molar-refractivity contribution in [3.63, 3.8) is 0 Å². The second-order valence-electron chi connectivity index (χ2n) is 5.90. The van der Waals surface area contributed by atoms with Crippen LogP contribution in [0.2, 0.25) is 0 Å². The van der Waals surface area contributed by atoms with Crippen molar-refractivity contribution in [1.29, 1.82) is 0 Å². The number of hydrogen-bond donors (Lipinski definition) is 2. The molecule has 0 saturated heterocycles. The molecule has 9 heteroatoms. The van der Waals surface area contributed by atoms with Crippen LogP contribution in [0.1, 0.15) is 36.5 Å². The largest absolute Gasteiger partial charge is 0.871 e. The lowest BCUT2D eigenvalue weighted by molar-refractivity contribution is -0.385. The van der Waals surface area contributed by atoms with E-state index in [0.29, 0.717) is 17.9 Å². The second kappa shape index (κ2) is 10.2. The van der Waals surface area contributed by atoms with Crippen LogP contribution in [0.3, 0.4) is 0 Å². The third kappa shape index (κ3) is 5.92. The fourth-order valence-corrected chi connectivity index (χ4v) is 2.57. The maximum Gasteiger partial charge on any atom is 0.271 e. The fraction of sp³-hybridized carbons (Fsp3) is 0.263. The Labute approximate surface area is 167 Å². The van der Waals surface area contributed by atoms with Crippen molar-refractivity contribution in [2.75, 3.05) is 11.9 Å². The summed E-state index contributed by atoms with van der Waals surface area (Å²) in [6, 6.07) is 9.96. The van der Waals surface area contributed by atoms with Crippen LogP contribution < -0.4 is 20.5 Å². The molecule has 1 amide bonds. The molecule has 2 aromatic rings. The first-order chi connectivity index (χ1) is 13.4. The molecule has 148 valence electrons. The molecule has 0 fully saturated rings. The molecule has 8 nitrogen and oxygen atoms in total. The monoisotopic (exact) mass is 402 g/mol. The lowest BCUT2D eigenvalue weighted by Crippen LogP contribution is -2.34. The van der Waals surface area contributed by atoms with E-state index in [1.807, 2.05) is 0 Å². The number of para-hydroxylation sites is 1. The molecule has 0 heterocycles. The number of non-ortho nitro benzene ring substituents is 1. The van der Waals surface area contributed by atoms with Crippen LogP contribution >= 0.6 is 12.2 Å². The Morgan fingerprint density at radius 3 is 2.68 bits per heavy atom. The van der Waals surface area contributed by atoms with E-state index in [2.05, 4.69) is 17.6 Å². The molecule has 0 saturated carbocycles. The van der Waals surface area contributed by atoms with Crippen LogP contribution in [0.15, 0.2) is 42.5 Å². The standard InChI is InChI=1S/C19H21N3O5S/c1-2-3-6-11-27-17-8-5-4-7-14(17)18(24)21-19(28)20-15-12-13(22(25)26)9-10-16(15)23/h4-5,7-10,12,23H,2-3,6,11H2,1H3,(H2,20,21,24,28)/p-1. The van der Waals surface area contributed by atoms with Crippen LogP contribution in [-0.4, -0.2) is 22.5 Å². The van der Waals surface area contributed by atoms with E-state index in [1.165, 1.54) is 0 Å². The van der Waals surface area contributed by atoms with Crippen LogP contribution in [0, 0.1) is 10.1 Å². The first-order valence-corrected chi connectivity index (χ1v) is 9.12. The maximum atomic E-state index is 12.5. The normalized spacial score (nSPS) is 10.2. The van der Waals surface area contributed by atoms with E-state index in [0.717, 1.165) is 37.5 Å². The second-order valence-corrected chi connectivity index (χ2v) is 6.31.